The zero-order valence-corrected chi connectivity index (χ0v) is 11.5. The summed E-state index contributed by atoms with van der Waals surface area (Å²) in [6.45, 7) is 6.20. The molecule has 7 nitrogen and oxygen atoms in total. The van der Waals surface area contributed by atoms with Crippen LogP contribution in [0.1, 0.15) is 24.2 Å². The molecule has 0 aliphatic heterocycles. The molecule has 0 bridgehead atoms. The van der Waals surface area contributed by atoms with Crippen molar-refractivity contribution in [1.82, 2.24) is 0 Å². The summed E-state index contributed by atoms with van der Waals surface area (Å²) in [5.74, 6) is -1.31. The topological polar surface area (TPSA) is 92.9 Å². The highest BCUT2D eigenvalue weighted by atomic mass is 16.6. The lowest BCUT2D eigenvalue weighted by atomic mass is 10.1. The predicted octanol–water partition coefficient (Wildman–Crippen LogP) is 2.16. The Morgan fingerprint density at radius 1 is 1.45 bits per heavy atom. The molecule has 1 rings (SSSR count). The number of benzene rings is 1. The molecule has 0 saturated carbocycles. The minimum atomic E-state index is -1.31. The number of ether oxygens (including phenoxy) is 1. The number of nitro groups is 1. The van der Waals surface area contributed by atoms with Crippen LogP contribution in [0.15, 0.2) is 18.2 Å². The minimum absolute atomic E-state index is 0.303. The van der Waals surface area contributed by atoms with Gasteiger partial charge in [0.05, 0.1) is 11.5 Å². The van der Waals surface area contributed by atoms with Crippen LogP contribution >= 0.6 is 0 Å². The summed E-state index contributed by atoms with van der Waals surface area (Å²) < 4.78 is 5.26. The van der Waals surface area contributed by atoms with Crippen LogP contribution in [-0.2, 0) is 4.74 Å². The van der Waals surface area contributed by atoms with Crippen molar-refractivity contribution in [3.8, 4) is 0 Å². The van der Waals surface area contributed by atoms with Crippen molar-refractivity contribution in [3.05, 3.63) is 33.9 Å². The average molecular weight is 282 g/mol. The molecule has 0 saturated heterocycles. The fraction of sp³-hybridized carbons (Fsp3) is 0.462. The highest BCUT2D eigenvalue weighted by molar-refractivity contribution is 5.93. The zero-order chi connectivity index (χ0) is 15.1. The van der Waals surface area contributed by atoms with E-state index in [9.17, 15) is 14.9 Å². The van der Waals surface area contributed by atoms with Crippen molar-refractivity contribution in [1.29, 1.82) is 0 Å². The van der Waals surface area contributed by atoms with E-state index >= 15 is 0 Å². The molecule has 0 spiro atoms. The maximum absolute atomic E-state index is 11.1. The van der Waals surface area contributed by atoms with Gasteiger partial charge in [0, 0.05) is 31.5 Å². The maximum Gasteiger partial charge on any atom is 0.342 e. The molecule has 0 fully saturated rings. The Kier molecular flexibility index (Phi) is 5.92. The van der Waals surface area contributed by atoms with Gasteiger partial charge in [0.25, 0.3) is 5.69 Å². The zero-order valence-electron chi connectivity index (χ0n) is 11.5. The van der Waals surface area contributed by atoms with Crippen molar-refractivity contribution in [2.45, 2.75) is 13.8 Å². The Morgan fingerprint density at radius 2 is 2.15 bits per heavy atom. The highest BCUT2D eigenvalue weighted by Gasteiger charge is 2.21. The van der Waals surface area contributed by atoms with Crippen LogP contribution in [-0.4, -0.2) is 42.3 Å². The standard InChI is InChI=1S/C13H18N2O5/c1-3-14(7-8-20-4-2)10-5-6-12(15(18)19)11(9-10)13(16)17/h5-6,9H,3-4,7-8H2,1-2H3,(H,16,17). The lowest BCUT2D eigenvalue weighted by Gasteiger charge is -2.23. The fourth-order valence-electron chi connectivity index (χ4n) is 1.84. The van der Waals surface area contributed by atoms with Gasteiger partial charge in [-0.2, -0.15) is 0 Å². The van der Waals surface area contributed by atoms with E-state index in [4.69, 9.17) is 9.84 Å². The summed E-state index contributed by atoms with van der Waals surface area (Å²) in [6, 6.07) is 4.11. The number of hydrogen-bond acceptors (Lipinski definition) is 5. The molecular formula is C13H18N2O5. The normalized spacial score (nSPS) is 10.3. The van der Waals surface area contributed by atoms with Crippen LogP contribution in [0, 0.1) is 10.1 Å². The van der Waals surface area contributed by atoms with Crippen LogP contribution in [0.4, 0.5) is 11.4 Å². The van der Waals surface area contributed by atoms with Crippen molar-refractivity contribution in [3.63, 3.8) is 0 Å². The van der Waals surface area contributed by atoms with Gasteiger partial charge in [0.15, 0.2) is 0 Å². The molecule has 0 atom stereocenters. The van der Waals surface area contributed by atoms with E-state index in [0.717, 1.165) is 0 Å². The molecule has 0 aliphatic rings. The molecule has 1 N–H and O–H groups in total. The van der Waals surface area contributed by atoms with E-state index in [1.807, 2.05) is 18.7 Å². The summed E-state index contributed by atoms with van der Waals surface area (Å²) in [4.78, 5) is 23.1. The van der Waals surface area contributed by atoms with E-state index in [2.05, 4.69) is 0 Å². The van der Waals surface area contributed by atoms with Crippen LogP contribution in [0.2, 0.25) is 0 Å². The Morgan fingerprint density at radius 3 is 2.65 bits per heavy atom. The maximum atomic E-state index is 11.1. The van der Waals surface area contributed by atoms with E-state index < -0.39 is 16.6 Å². The molecular weight excluding hydrogens is 264 g/mol. The van der Waals surface area contributed by atoms with Gasteiger partial charge >= 0.3 is 5.97 Å². The minimum Gasteiger partial charge on any atom is -0.477 e. The lowest BCUT2D eigenvalue weighted by Crippen LogP contribution is -2.27. The first kappa shape index (κ1) is 15.9. The number of likely N-dealkylation sites (N-methyl/N-ethyl adjacent to an activating group) is 1. The van der Waals surface area contributed by atoms with E-state index in [0.29, 0.717) is 32.0 Å². The van der Waals surface area contributed by atoms with Gasteiger partial charge in [-0.1, -0.05) is 0 Å². The summed E-state index contributed by atoms with van der Waals surface area (Å²) >= 11 is 0. The molecule has 110 valence electrons. The van der Waals surface area contributed by atoms with Gasteiger partial charge < -0.3 is 14.7 Å². The average Bonchev–Trinajstić information content (AvgIpc) is 2.43. The third kappa shape index (κ3) is 3.92. The summed E-state index contributed by atoms with van der Waals surface area (Å²) in [5, 5.41) is 19.9. The van der Waals surface area contributed by atoms with Crippen LogP contribution in [0.3, 0.4) is 0 Å². The number of rotatable bonds is 8. The second-order valence-electron chi connectivity index (χ2n) is 4.04. The second kappa shape index (κ2) is 7.44. The van der Waals surface area contributed by atoms with Crippen LogP contribution in [0.25, 0.3) is 0 Å². The molecule has 0 radical (unpaired) electrons. The monoisotopic (exact) mass is 282 g/mol. The fourth-order valence-corrected chi connectivity index (χ4v) is 1.84. The van der Waals surface area contributed by atoms with Gasteiger partial charge in [-0.25, -0.2) is 4.79 Å². The smallest absolute Gasteiger partial charge is 0.342 e. The molecule has 0 amide bonds. The lowest BCUT2D eigenvalue weighted by molar-refractivity contribution is -0.385. The first-order valence-corrected chi connectivity index (χ1v) is 6.35. The van der Waals surface area contributed by atoms with Gasteiger partial charge in [0.2, 0.25) is 0 Å². The first-order valence-electron chi connectivity index (χ1n) is 6.35. The number of anilines is 1. The van der Waals surface area contributed by atoms with E-state index in [1.165, 1.54) is 12.1 Å². The van der Waals surface area contributed by atoms with Crippen LogP contribution in [0.5, 0.6) is 0 Å². The predicted molar refractivity (Wildman–Crippen MR) is 74.4 cm³/mol. The number of carboxylic acid groups (broad SMARTS) is 1. The number of aromatic carboxylic acids is 1. The highest BCUT2D eigenvalue weighted by Crippen LogP contribution is 2.25. The third-order valence-corrected chi connectivity index (χ3v) is 2.86. The SMILES string of the molecule is CCOCCN(CC)c1ccc([N+](=O)[O-])c(C(=O)O)c1. The number of carboxylic acids is 1. The van der Waals surface area contributed by atoms with Gasteiger partial charge in [-0.05, 0) is 26.0 Å². The van der Waals surface area contributed by atoms with E-state index in [1.54, 1.807) is 6.07 Å². The number of carbonyl (C=O) groups is 1. The second-order valence-corrected chi connectivity index (χ2v) is 4.04. The molecule has 0 aliphatic carbocycles. The van der Waals surface area contributed by atoms with Crippen LogP contribution < -0.4 is 4.90 Å². The largest absolute Gasteiger partial charge is 0.477 e. The Hall–Kier alpha value is -2.15. The van der Waals surface area contributed by atoms with Crippen molar-refractivity contribution >= 4 is 17.3 Å². The number of nitro benzene ring substituents is 1. The van der Waals surface area contributed by atoms with Crippen molar-refractivity contribution in [2.24, 2.45) is 0 Å². The first-order chi connectivity index (χ1) is 9.51. The van der Waals surface area contributed by atoms with Gasteiger partial charge in [-0.3, -0.25) is 10.1 Å². The Bertz CT molecular complexity index is 490. The number of nitrogens with zero attached hydrogens (tertiary/aromatic N) is 2. The summed E-state index contributed by atoms with van der Waals surface area (Å²) in [6.07, 6.45) is 0. The van der Waals surface area contributed by atoms with E-state index in [-0.39, 0.29) is 5.56 Å². The summed E-state index contributed by atoms with van der Waals surface area (Å²) in [5.41, 5.74) is -0.0697. The van der Waals surface area contributed by atoms with Crippen molar-refractivity contribution < 1.29 is 19.6 Å². The summed E-state index contributed by atoms with van der Waals surface area (Å²) in [7, 11) is 0. The molecule has 0 heterocycles. The quantitative estimate of drug-likeness (QED) is 0.446. The molecule has 0 aromatic heterocycles. The molecule has 20 heavy (non-hydrogen) atoms. The van der Waals surface area contributed by atoms with Gasteiger partial charge in [-0.15, -0.1) is 0 Å². The Labute approximate surface area is 116 Å². The molecule has 1 aromatic rings. The van der Waals surface area contributed by atoms with Gasteiger partial charge in [0.1, 0.15) is 5.56 Å². The van der Waals surface area contributed by atoms with Crippen molar-refractivity contribution in [2.75, 3.05) is 31.2 Å². The Balaban J connectivity index is 3.02. The molecule has 1 aromatic carbocycles. The molecule has 0 unspecified atom stereocenters. The molecule has 7 heteroatoms. The third-order valence-electron chi connectivity index (χ3n) is 2.86. The number of hydrogen-bond donors (Lipinski definition) is 1.